The van der Waals surface area contributed by atoms with E-state index in [4.69, 9.17) is 0 Å². The number of aromatic nitrogens is 1. The van der Waals surface area contributed by atoms with Crippen LogP contribution in [-0.2, 0) is 0 Å². The van der Waals surface area contributed by atoms with E-state index >= 15 is 0 Å². The molecule has 0 saturated carbocycles. The molecule has 0 atom stereocenters. The summed E-state index contributed by atoms with van der Waals surface area (Å²) in [4.78, 5) is 4.17. The molecular formula is C29H20BNO2. The first-order valence-electron chi connectivity index (χ1n) is 11.0. The van der Waals surface area contributed by atoms with Crippen molar-refractivity contribution in [3.05, 3.63) is 109 Å². The van der Waals surface area contributed by atoms with Crippen molar-refractivity contribution in [1.29, 1.82) is 0 Å². The Hall–Kier alpha value is -3.99. The van der Waals surface area contributed by atoms with E-state index in [0.717, 1.165) is 49.2 Å². The van der Waals surface area contributed by atoms with Gasteiger partial charge in [-0.2, -0.15) is 0 Å². The SMILES string of the molecule is OB(O)c1c2ccccc2c(-c2ccc(-c3ccncc3)c3ccccc23)c2ccccc12. The van der Waals surface area contributed by atoms with E-state index in [1.807, 2.05) is 60.9 Å². The highest BCUT2D eigenvalue weighted by Gasteiger charge is 2.23. The van der Waals surface area contributed by atoms with Crippen LogP contribution in [0.25, 0.3) is 54.6 Å². The van der Waals surface area contributed by atoms with E-state index in [2.05, 4.69) is 53.5 Å². The van der Waals surface area contributed by atoms with Gasteiger partial charge >= 0.3 is 7.12 Å². The predicted molar refractivity (Wildman–Crippen MR) is 137 cm³/mol. The number of hydrogen-bond donors (Lipinski definition) is 2. The van der Waals surface area contributed by atoms with Gasteiger partial charge in [-0.05, 0) is 72.2 Å². The van der Waals surface area contributed by atoms with E-state index in [0.29, 0.717) is 5.46 Å². The fourth-order valence-electron chi connectivity index (χ4n) is 5.03. The van der Waals surface area contributed by atoms with E-state index in [1.54, 1.807) is 0 Å². The molecule has 156 valence electrons. The van der Waals surface area contributed by atoms with Crippen molar-refractivity contribution in [3.63, 3.8) is 0 Å². The third-order valence-electron chi connectivity index (χ3n) is 6.42. The molecule has 0 aliphatic rings. The Bertz CT molecular complexity index is 1590. The third kappa shape index (κ3) is 3.12. The second kappa shape index (κ2) is 7.86. The van der Waals surface area contributed by atoms with Crippen LogP contribution in [0.5, 0.6) is 0 Å². The summed E-state index contributed by atoms with van der Waals surface area (Å²) >= 11 is 0. The minimum Gasteiger partial charge on any atom is -0.423 e. The Morgan fingerprint density at radius 1 is 0.485 bits per heavy atom. The van der Waals surface area contributed by atoms with Crippen molar-refractivity contribution in [2.45, 2.75) is 0 Å². The van der Waals surface area contributed by atoms with Crippen molar-refractivity contribution in [1.82, 2.24) is 4.98 Å². The minimum atomic E-state index is -1.56. The van der Waals surface area contributed by atoms with Crippen LogP contribution in [0.1, 0.15) is 0 Å². The van der Waals surface area contributed by atoms with Gasteiger partial charge in [0.25, 0.3) is 0 Å². The average Bonchev–Trinajstić information content (AvgIpc) is 2.87. The fourth-order valence-corrected chi connectivity index (χ4v) is 5.03. The molecule has 0 saturated heterocycles. The lowest BCUT2D eigenvalue weighted by Crippen LogP contribution is -2.31. The molecule has 2 N–H and O–H groups in total. The van der Waals surface area contributed by atoms with Crippen LogP contribution in [0.2, 0.25) is 0 Å². The zero-order valence-electron chi connectivity index (χ0n) is 17.8. The minimum absolute atomic E-state index is 0.544. The maximum atomic E-state index is 10.3. The van der Waals surface area contributed by atoms with E-state index < -0.39 is 7.12 Å². The van der Waals surface area contributed by atoms with E-state index in [-0.39, 0.29) is 0 Å². The molecule has 6 rings (SSSR count). The summed E-state index contributed by atoms with van der Waals surface area (Å²) in [5.41, 5.74) is 5.05. The smallest absolute Gasteiger partial charge is 0.423 e. The first-order chi connectivity index (χ1) is 16.2. The lowest BCUT2D eigenvalue weighted by Gasteiger charge is -2.19. The standard InChI is InChI=1S/C29H20BNO2/c32-30(33)29-26-11-5-3-9-23(26)28(24-10-4-6-12-27(24)29)25-14-13-20(19-15-17-31-18-16-19)21-7-1-2-8-22(21)25/h1-18,32-33H. The number of pyridine rings is 1. The van der Waals surface area contributed by atoms with Crippen LogP contribution >= 0.6 is 0 Å². The fraction of sp³-hybridized carbons (Fsp3) is 0. The molecule has 0 fully saturated rings. The number of rotatable bonds is 3. The maximum Gasteiger partial charge on any atom is 0.489 e. The highest BCUT2D eigenvalue weighted by atomic mass is 16.4. The monoisotopic (exact) mass is 425 g/mol. The lowest BCUT2D eigenvalue weighted by atomic mass is 9.72. The Morgan fingerprint density at radius 3 is 1.48 bits per heavy atom. The molecule has 0 radical (unpaired) electrons. The average molecular weight is 425 g/mol. The number of fused-ring (bicyclic) bond motifs is 3. The topological polar surface area (TPSA) is 53.4 Å². The molecule has 0 amide bonds. The van der Waals surface area contributed by atoms with Crippen LogP contribution in [-0.4, -0.2) is 22.2 Å². The van der Waals surface area contributed by atoms with Gasteiger partial charge in [-0.3, -0.25) is 4.98 Å². The van der Waals surface area contributed by atoms with Crippen molar-refractivity contribution in [2.24, 2.45) is 0 Å². The largest absolute Gasteiger partial charge is 0.489 e. The van der Waals surface area contributed by atoms with Gasteiger partial charge in [-0.15, -0.1) is 0 Å². The zero-order chi connectivity index (χ0) is 22.4. The van der Waals surface area contributed by atoms with Gasteiger partial charge in [0, 0.05) is 12.4 Å². The summed E-state index contributed by atoms with van der Waals surface area (Å²) < 4.78 is 0. The number of benzene rings is 5. The molecule has 4 heteroatoms. The van der Waals surface area contributed by atoms with Crippen molar-refractivity contribution >= 4 is 44.9 Å². The molecule has 0 bridgehead atoms. The Balaban J connectivity index is 1.77. The van der Waals surface area contributed by atoms with Gasteiger partial charge in [0.1, 0.15) is 0 Å². The van der Waals surface area contributed by atoms with Crippen LogP contribution < -0.4 is 5.46 Å². The van der Waals surface area contributed by atoms with Gasteiger partial charge < -0.3 is 10.0 Å². The molecule has 0 unspecified atom stereocenters. The highest BCUT2D eigenvalue weighted by Crippen LogP contribution is 2.41. The molecule has 0 aliphatic heterocycles. The summed E-state index contributed by atoms with van der Waals surface area (Å²) in [7, 11) is -1.56. The molecule has 1 heterocycles. The molecule has 0 aliphatic carbocycles. The van der Waals surface area contributed by atoms with Gasteiger partial charge in [0.15, 0.2) is 0 Å². The summed E-state index contributed by atoms with van der Waals surface area (Å²) in [6.07, 6.45) is 3.63. The molecule has 6 aromatic rings. The third-order valence-corrected chi connectivity index (χ3v) is 6.42. The summed E-state index contributed by atoms with van der Waals surface area (Å²) in [5.74, 6) is 0. The maximum absolute atomic E-state index is 10.3. The molecule has 5 aromatic carbocycles. The molecule has 1 aromatic heterocycles. The molecule has 3 nitrogen and oxygen atoms in total. The highest BCUT2D eigenvalue weighted by molar-refractivity contribution is 6.66. The van der Waals surface area contributed by atoms with Gasteiger partial charge in [0.05, 0.1) is 0 Å². The van der Waals surface area contributed by atoms with Crippen molar-refractivity contribution in [2.75, 3.05) is 0 Å². The van der Waals surface area contributed by atoms with E-state index in [9.17, 15) is 10.0 Å². The summed E-state index contributed by atoms with van der Waals surface area (Å²) in [6.45, 7) is 0. The van der Waals surface area contributed by atoms with Gasteiger partial charge in [-0.25, -0.2) is 0 Å². The first kappa shape index (κ1) is 19.7. The quantitative estimate of drug-likeness (QED) is 0.289. The predicted octanol–water partition coefficient (Wildman–Crippen LogP) is 5.56. The van der Waals surface area contributed by atoms with Crippen LogP contribution in [0.3, 0.4) is 0 Å². The Kier molecular flexibility index (Phi) is 4.69. The molecular weight excluding hydrogens is 405 g/mol. The van der Waals surface area contributed by atoms with Crippen LogP contribution in [0.15, 0.2) is 109 Å². The second-order valence-electron chi connectivity index (χ2n) is 8.20. The Labute approximate surface area is 191 Å². The van der Waals surface area contributed by atoms with E-state index in [1.165, 1.54) is 5.39 Å². The number of hydrogen-bond acceptors (Lipinski definition) is 3. The van der Waals surface area contributed by atoms with Crippen molar-refractivity contribution in [3.8, 4) is 22.3 Å². The zero-order valence-corrected chi connectivity index (χ0v) is 17.8. The summed E-state index contributed by atoms with van der Waals surface area (Å²) in [6, 6.07) is 32.8. The second-order valence-corrected chi connectivity index (χ2v) is 8.20. The van der Waals surface area contributed by atoms with Crippen LogP contribution in [0.4, 0.5) is 0 Å². The molecule has 0 spiro atoms. The first-order valence-corrected chi connectivity index (χ1v) is 11.0. The van der Waals surface area contributed by atoms with Gasteiger partial charge in [-0.1, -0.05) is 84.9 Å². The molecule has 33 heavy (non-hydrogen) atoms. The van der Waals surface area contributed by atoms with Crippen LogP contribution in [0, 0.1) is 0 Å². The normalized spacial score (nSPS) is 11.3. The Morgan fingerprint density at radius 2 is 0.939 bits per heavy atom. The van der Waals surface area contributed by atoms with Crippen molar-refractivity contribution < 1.29 is 10.0 Å². The lowest BCUT2D eigenvalue weighted by molar-refractivity contribution is 0.426. The van der Waals surface area contributed by atoms with Gasteiger partial charge in [0.2, 0.25) is 0 Å². The summed E-state index contributed by atoms with van der Waals surface area (Å²) in [5, 5.41) is 26.6. The number of nitrogens with zero attached hydrogens (tertiary/aromatic N) is 1.